The van der Waals surface area contributed by atoms with Crippen LogP contribution in [0.25, 0.3) is 0 Å². The van der Waals surface area contributed by atoms with E-state index in [0.29, 0.717) is 18.5 Å². The Kier molecular flexibility index (Phi) is 5.74. The van der Waals surface area contributed by atoms with Crippen LogP contribution in [0.15, 0.2) is 35.2 Å². The van der Waals surface area contributed by atoms with E-state index >= 15 is 0 Å². The molecule has 8 heteroatoms. The lowest BCUT2D eigenvalue weighted by Crippen LogP contribution is -2.14. The highest BCUT2D eigenvalue weighted by Crippen LogP contribution is 2.12. The smallest absolute Gasteiger partial charge is 0.238 e. The van der Waals surface area contributed by atoms with Crippen LogP contribution in [0.3, 0.4) is 0 Å². The molecule has 2 aromatic rings. The van der Waals surface area contributed by atoms with E-state index in [4.69, 9.17) is 5.14 Å². The maximum Gasteiger partial charge on any atom is 0.238 e. The van der Waals surface area contributed by atoms with Crippen LogP contribution in [0.2, 0.25) is 0 Å². The number of nitrogens with zero attached hydrogens (tertiary/aromatic N) is 2. The average Bonchev–Trinajstić information content (AvgIpc) is 2.45. The number of nitrogens with one attached hydrogen (secondary N) is 2. The standard InChI is InChI=1S/C16H23N5O2S/c1-11(2)19-15-10-12(3)20-16(21-15)18-9-8-13-4-6-14(7-5-13)24(17,22)23/h4-7,10-11H,8-9H2,1-3H3,(H2,17,22,23)(H2,18,19,20,21). The van der Waals surface area contributed by atoms with Gasteiger partial charge in [0.15, 0.2) is 0 Å². The minimum atomic E-state index is -3.65. The first kappa shape index (κ1) is 18.2. The number of rotatable bonds is 7. The van der Waals surface area contributed by atoms with Crippen LogP contribution in [0.4, 0.5) is 11.8 Å². The van der Waals surface area contributed by atoms with Gasteiger partial charge < -0.3 is 10.6 Å². The minimum absolute atomic E-state index is 0.116. The molecule has 0 fully saturated rings. The number of hydrogen-bond acceptors (Lipinski definition) is 6. The van der Waals surface area contributed by atoms with Gasteiger partial charge in [0, 0.05) is 24.3 Å². The summed E-state index contributed by atoms with van der Waals surface area (Å²) in [5, 5.41) is 11.5. The number of primary sulfonamides is 1. The second-order valence-corrected chi connectivity index (χ2v) is 7.44. The number of sulfonamides is 1. The predicted octanol–water partition coefficient (Wildman–Crippen LogP) is 1.91. The highest BCUT2D eigenvalue weighted by Gasteiger charge is 2.07. The summed E-state index contributed by atoms with van der Waals surface area (Å²) in [6.07, 6.45) is 0.717. The zero-order chi connectivity index (χ0) is 17.7. The van der Waals surface area contributed by atoms with Crippen LogP contribution in [0, 0.1) is 6.92 Å². The van der Waals surface area contributed by atoms with E-state index in [2.05, 4.69) is 34.4 Å². The van der Waals surface area contributed by atoms with Crippen molar-refractivity contribution in [1.82, 2.24) is 9.97 Å². The molecule has 1 aromatic heterocycles. The second kappa shape index (κ2) is 7.59. The average molecular weight is 349 g/mol. The van der Waals surface area contributed by atoms with Gasteiger partial charge in [-0.3, -0.25) is 0 Å². The Morgan fingerprint density at radius 3 is 2.42 bits per heavy atom. The zero-order valence-corrected chi connectivity index (χ0v) is 14.9. The number of hydrogen-bond donors (Lipinski definition) is 3. The molecule has 0 saturated heterocycles. The third-order valence-corrected chi connectivity index (χ3v) is 4.17. The zero-order valence-electron chi connectivity index (χ0n) is 14.1. The summed E-state index contributed by atoms with van der Waals surface area (Å²) in [6, 6.07) is 8.73. The Morgan fingerprint density at radius 2 is 1.83 bits per heavy atom. The maximum absolute atomic E-state index is 11.2. The molecule has 24 heavy (non-hydrogen) atoms. The molecule has 0 spiro atoms. The van der Waals surface area contributed by atoms with E-state index < -0.39 is 10.0 Å². The molecular weight excluding hydrogens is 326 g/mol. The first-order valence-electron chi connectivity index (χ1n) is 7.72. The van der Waals surface area contributed by atoms with Crippen LogP contribution in [0.1, 0.15) is 25.1 Å². The first-order valence-corrected chi connectivity index (χ1v) is 9.26. The molecule has 0 unspecified atom stereocenters. The van der Waals surface area contributed by atoms with Gasteiger partial charge in [-0.15, -0.1) is 0 Å². The maximum atomic E-state index is 11.2. The number of aromatic nitrogens is 2. The Morgan fingerprint density at radius 1 is 1.17 bits per heavy atom. The largest absolute Gasteiger partial charge is 0.368 e. The molecular formula is C16H23N5O2S. The summed E-state index contributed by atoms with van der Waals surface area (Å²) in [4.78, 5) is 8.90. The lowest BCUT2D eigenvalue weighted by Gasteiger charge is -2.12. The van der Waals surface area contributed by atoms with Crippen molar-refractivity contribution in [3.63, 3.8) is 0 Å². The summed E-state index contributed by atoms with van der Waals surface area (Å²) in [7, 11) is -3.65. The van der Waals surface area contributed by atoms with Gasteiger partial charge in [-0.2, -0.15) is 4.98 Å². The van der Waals surface area contributed by atoms with Crippen molar-refractivity contribution in [3.05, 3.63) is 41.6 Å². The molecule has 4 N–H and O–H groups in total. The molecule has 2 rings (SSSR count). The highest BCUT2D eigenvalue weighted by atomic mass is 32.2. The van der Waals surface area contributed by atoms with Crippen LogP contribution in [-0.4, -0.2) is 31.0 Å². The van der Waals surface area contributed by atoms with E-state index in [1.807, 2.05) is 13.0 Å². The van der Waals surface area contributed by atoms with Gasteiger partial charge in [-0.25, -0.2) is 18.5 Å². The van der Waals surface area contributed by atoms with Crippen molar-refractivity contribution in [2.45, 2.75) is 38.1 Å². The van der Waals surface area contributed by atoms with Gasteiger partial charge in [-0.1, -0.05) is 12.1 Å². The fourth-order valence-corrected chi connectivity index (χ4v) is 2.70. The van der Waals surface area contributed by atoms with Crippen LogP contribution >= 0.6 is 0 Å². The third-order valence-electron chi connectivity index (χ3n) is 3.24. The summed E-state index contributed by atoms with van der Waals surface area (Å²) in [5.74, 6) is 1.36. The minimum Gasteiger partial charge on any atom is -0.368 e. The number of benzene rings is 1. The number of anilines is 2. The number of aryl methyl sites for hydroxylation is 1. The fraction of sp³-hybridized carbons (Fsp3) is 0.375. The molecule has 0 radical (unpaired) electrons. The molecule has 0 aliphatic carbocycles. The molecule has 0 atom stereocenters. The van der Waals surface area contributed by atoms with E-state index in [1.54, 1.807) is 12.1 Å². The van der Waals surface area contributed by atoms with Crippen molar-refractivity contribution >= 4 is 21.8 Å². The topological polar surface area (TPSA) is 110 Å². The van der Waals surface area contributed by atoms with Crippen molar-refractivity contribution in [3.8, 4) is 0 Å². The van der Waals surface area contributed by atoms with Crippen LogP contribution in [0.5, 0.6) is 0 Å². The monoisotopic (exact) mass is 349 g/mol. The Hall–Kier alpha value is -2.19. The normalized spacial score (nSPS) is 11.5. The second-order valence-electron chi connectivity index (χ2n) is 5.88. The van der Waals surface area contributed by atoms with E-state index in [9.17, 15) is 8.42 Å². The Labute approximate surface area is 142 Å². The Balaban J connectivity index is 1.95. The lowest BCUT2D eigenvalue weighted by atomic mass is 10.1. The van der Waals surface area contributed by atoms with E-state index in [1.165, 1.54) is 12.1 Å². The van der Waals surface area contributed by atoms with Gasteiger partial charge in [0.25, 0.3) is 0 Å². The van der Waals surface area contributed by atoms with Gasteiger partial charge >= 0.3 is 0 Å². The van der Waals surface area contributed by atoms with Gasteiger partial charge in [0.1, 0.15) is 5.82 Å². The summed E-state index contributed by atoms with van der Waals surface area (Å²) in [6.45, 7) is 6.66. The van der Waals surface area contributed by atoms with Crippen molar-refractivity contribution in [2.24, 2.45) is 5.14 Å². The molecule has 0 bridgehead atoms. The highest BCUT2D eigenvalue weighted by molar-refractivity contribution is 7.89. The molecule has 1 heterocycles. The summed E-state index contributed by atoms with van der Waals surface area (Å²) < 4.78 is 22.5. The molecule has 7 nitrogen and oxygen atoms in total. The van der Waals surface area contributed by atoms with Crippen molar-refractivity contribution in [1.29, 1.82) is 0 Å². The third kappa shape index (κ3) is 5.47. The first-order chi connectivity index (χ1) is 11.2. The predicted molar refractivity (Wildman–Crippen MR) is 95.5 cm³/mol. The summed E-state index contributed by atoms with van der Waals surface area (Å²) >= 11 is 0. The van der Waals surface area contributed by atoms with Gasteiger partial charge in [0.05, 0.1) is 4.90 Å². The van der Waals surface area contributed by atoms with E-state index in [-0.39, 0.29) is 4.90 Å². The van der Waals surface area contributed by atoms with Gasteiger partial charge in [-0.05, 0) is 44.9 Å². The molecule has 130 valence electrons. The van der Waals surface area contributed by atoms with Gasteiger partial charge in [0.2, 0.25) is 16.0 Å². The van der Waals surface area contributed by atoms with Crippen molar-refractivity contribution in [2.75, 3.05) is 17.2 Å². The SMILES string of the molecule is Cc1cc(NC(C)C)nc(NCCc2ccc(S(N)(=O)=O)cc2)n1. The quantitative estimate of drug-likeness (QED) is 0.704. The molecule has 0 saturated carbocycles. The van der Waals surface area contributed by atoms with Crippen molar-refractivity contribution < 1.29 is 8.42 Å². The molecule has 0 aliphatic rings. The van der Waals surface area contributed by atoms with Crippen LogP contribution < -0.4 is 15.8 Å². The lowest BCUT2D eigenvalue weighted by molar-refractivity contribution is 0.598. The molecule has 0 aliphatic heterocycles. The Bertz CT molecular complexity index is 789. The number of nitrogens with two attached hydrogens (primary N) is 1. The van der Waals surface area contributed by atoms with E-state index in [0.717, 1.165) is 23.5 Å². The fourth-order valence-electron chi connectivity index (χ4n) is 2.18. The molecule has 0 amide bonds. The van der Waals surface area contributed by atoms with Crippen LogP contribution in [-0.2, 0) is 16.4 Å². The molecule has 1 aromatic carbocycles. The summed E-state index contributed by atoms with van der Waals surface area (Å²) in [5.41, 5.74) is 1.89.